The van der Waals surface area contributed by atoms with E-state index in [0.29, 0.717) is 23.7 Å². The minimum absolute atomic E-state index is 0.491. The molecule has 0 bridgehead atoms. The van der Waals surface area contributed by atoms with Crippen molar-refractivity contribution < 1.29 is 8.42 Å². The summed E-state index contributed by atoms with van der Waals surface area (Å²) in [5, 5.41) is 7.62. The number of hydrogen-bond acceptors (Lipinski definition) is 6. The van der Waals surface area contributed by atoms with Crippen LogP contribution >= 0.6 is 0 Å². The van der Waals surface area contributed by atoms with Crippen LogP contribution in [0.5, 0.6) is 0 Å². The monoisotopic (exact) mass is 394 g/mol. The molecule has 0 radical (unpaired) electrons. The number of anilines is 2. The van der Waals surface area contributed by atoms with Crippen LogP contribution in [0.1, 0.15) is 5.56 Å². The Hall–Kier alpha value is -3.46. The lowest BCUT2D eigenvalue weighted by Crippen LogP contribution is -2.09. The maximum Gasteiger partial charge on any atom is 0.229 e. The summed E-state index contributed by atoms with van der Waals surface area (Å²) in [7, 11) is -3.35. The van der Waals surface area contributed by atoms with Gasteiger partial charge in [-0.15, -0.1) is 0 Å². The van der Waals surface area contributed by atoms with Gasteiger partial charge >= 0.3 is 0 Å². The molecule has 142 valence electrons. The maximum atomic E-state index is 11.5. The molecule has 0 fully saturated rings. The third-order valence-corrected chi connectivity index (χ3v) is 4.65. The standard InChI is InChI=1S/C19H18N6O2S/c1-28(26,27)24-16-6-2-5-15(10-16)17-13-22-25-9-7-18(23-19(17)25)21-12-14-4-3-8-20-11-14/h2-11,13,24H,12H2,1H3,(H,21,23). The molecule has 3 heterocycles. The lowest BCUT2D eigenvalue weighted by atomic mass is 10.1. The number of rotatable bonds is 6. The highest BCUT2D eigenvalue weighted by atomic mass is 32.2. The van der Waals surface area contributed by atoms with Crippen LogP contribution in [0.25, 0.3) is 16.8 Å². The van der Waals surface area contributed by atoms with E-state index in [0.717, 1.165) is 22.9 Å². The molecule has 9 heteroatoms. The molecule has 28 heavy (non-hydrogen) atoms. The van der Waals surface area contributed by atoms with E-state index in [9.17, 15) is 8.42 Å². The van der Waals surface area contributed by atoms with Crippen molar-refractivity contribution in [1.82, 2.24) is 19.6 Å². The van der Waals surface area contributed by atoms with Crippen LogP contribution in [0.3, 0.4) is 0 Å². The first-order valence-corrected chi connectivity index (χ1v) is 10.4. The predicted molar refractivity (Wildman–Crippen MR) is 108 cm³/mol. The van der Waals surface area contributed by atoms with Crippen molar-refractivity contribution in [2.45, 2.75) is 6.54 Å². The number of pyridine rings is 1. The number of fused-ring (bicyclic) bond motifs is 1. The van der Waals surface area contributed by atoms with E-state index < -0.39 is 10.0 Å². The zero-order valence-electron chi connectivity index (χ0n) is 15.1. The van der Waals surface area contributed by atoms with Crippen molar-refractivity contribution in [3.05, 3.63) is 72.8 Å². The van der Waals surface area contributed by atoms with Gasteiger partial charge in [0.2, 0.25) is 10.0 Å². The van der Waals surface area contributed by atoms with E-state index in [1.165, 1.54) is 0 Å². The molecule has 0 aliphatic carbocycles. The molecular formula is C19H18N6O2S. The highest BCUT2D eigenvalue weighted by Gasteiger charge is 2.11. The van der Waals surface area contributed by atoms with E-state index in [-0.39, 0.29) is 0 Å². The molecule has 1 aromatic carbocycles. The van der Waals surface area contributed by atoms with Crippen LogP contribution < -0.4 is 10.0 Å². The average molecular weight is 394 g/mol. The van der Waals surface area contributed by atoms with E-state index in [1.807, 2.05) is 30.5 Å². The average Bonchev–Trinajstić information content (AvgIpc) is 3.09. The highest BCUT2D eigenvalue weighted by molar-refractivity contribution is 7.92. The van der Waals surface area contributed by atoms with Gasteiger partial charge in [0.05, 0.1) is 12.5 Å². The van der Waals surface area contributed by atoms with Crippen molar-refractivity contribution in [3.8, 4) is 11.1 Å². The van der Waals surface area contributed by atoms with Gasteiger partial charge in [-0.05, 0) is 35.4 Å². The lowest BCUT2D eigenvalue weighted by molar-refractivity contribution is 0.607. The van der Waals surface area contributed by atoms with Gasteiger partial charge in [0, 0.05) is 36.4 Å². The molecule has 8 nitrogen and oxygen atoms in total. The first-order chi connectivity index (χ1) is 13.5. The zero-order valence-corrected chi connectivity index (χ0v) is 15.9. The second-order valence-electron chi connectivity index (χ2n) is 6.31. The molecule has 3 aromatic heterocycles. The van der Waals surface area contributed by atoms with Crippen molar-refractivity contribution in [3.63, 3.8) is 0 Å². The molecule has 0 spiro atoms. The van der Waals surface area contributed by atoms with Gasteiger partial charge < -0.3 is 5.32 Å². The molecule has 0 amide bonds. The Morgan fingerprint density at radius 1 is 1.11 bits per heavy atom. The quantitative estimate of drug-likeness (QED) is 0.521. The number of hydrogen-bond donors (Lipinski definition) is 2. The van der Waals surface area contributed by atoms with E-state index in [2.05, 4.69) is 25.1 Å². The molecule has 0 atom stereocenters. The molecule has 0 saturated carbocycles. The topological polar surface area (TPSA) is 101 Å². The van der Waals surface area contributed by atoms with Crippen molar-refractivity contribution in [2.75, 3.05) is 16.3 Å². The van der Waals surface area contributed by atoms with Crippen LogP contribution in [0, 0.1) is 0 Å². The van der Waals surface area contributed by atoms with Crippen LogP contribution in [0.4, 0.5) is 11.5 Å². The summed E-state index contributed by atoms with van der Waals surface area (Å²) >= 11 is 0. The fraction of sp³-hybridized carbons (Fsp3) is 0.105. The summed E-state index contributed by atoms with van der Waals surface area (Å²) in [5.74, 6) is 0.712. The highest BCUT2D eigenvalue weighted by Crippen LogP contribution is 2.26. The van der Waals surface area contributed by atoms with Gasteiger partial charge in [0.15, 0.2) is 5.65 Å². The van der Waals surface area contributed by atoms with Crippen LogP contribution in [-0.2, 0) is 16.6 Å². The van der Waals surface area contributed by atoms with Crippen molar-refractivity contribution in [2.24, 2.45) is 0 Å². The molecule has 4 aromatic rings. The molecule has 0 aliphatic rings. The third-order valence-electron chi connectivity index (χ3n) is 4.04. The second kappa shape index (κ2) is 7.28. The van der Waals surface area contributed by atoms with Gasteiger partial charge in [0.1, 0.15) is 5.82 Å². The Morgan fingerprint density at radius 3 is 2.79 bits per heavy atom. The van der Waals surface area contributed by atoms with Crippen molar-refractivity contribution >= 4 is 27.2 Å². The van der Waals surface area contributed by atoms with E-state index >= 15 is 0 Å². The number of nitrogens with one attached hydrogen (secondary N) is 2. The molecule has 0 saturated heterocycles. The van der Waals surface area contributed by atoms with Crippen LogP contribution in [0.15, 0.2) is 67.3 Å². The zero-order chi connectivity index (χ0) is 19.6. The Bertz CT molecular complexity index is 1220. The van der Waals surface area contributed by atoms with Gasteiger partial charge in [-0.1, -0.05) is 18.2 Å². The lowest BCUT2D eigenvalue weighted by Gasteiger charge is -2.07. The largest absolute Gasteiger partial charge is 0.366 e. The fourth-order valence-electron chi connectivity index (χ4n) is 2.83. The van der Waals surface area contributed by atoms with Gasteiger partial charge in [-0.2, -0.15) is 5.10 Å². The van der Waals surface area contributed by atoms with Crippen LogP contribution in [0.2, 0.25) is 0 Å². The number of aromatic nitrogens is 4. The van der Waals surface area contributed by atoms with E-state index in [1.54, 1.807) is 41.3 Å². The number of sulfonamides is 1. The maximum absolute atomic E-state index is 11.5. The number of nitrogens with zero attached hydrogens (tertiary/aromatic N) is 4. The third kappa shape index (κ3) is 4.09. The first-order valence-electron chi connectivity index (χ1n) is 8.53. The van der Waals surface area contributed by atoms with E-state index in [4.69, 9.17) is 0 Å². The molecule has 4 rings (SSSR count). The Labute approximate surface area is 162 Å². The second-order valence-corrected chi connectivity index (χ2v) is 8.06. The predicted octanol–water partition coefficient (Wildman–Crippen LogP) is 2.77. The van der Waals surface area contributed by atoms with Crippen molar-refractivity contribution in [1.29, 1.82) is 0 Å². The van der Waals surface area contributed by atoms with Gasteiger partial charge in [-0.3, -0.25) is 9.71 Å². The van der Waals surface area contributed by atoms with Crippen LogP contribution in [-0.4, -0.2) is 34.3 Å². The SMILES string of the molecule is CS(=O)(=O)Nc1cccc(-c2cnn3ccc(NCc4cccnc4)nc23)c1. The number of benzene rings is 1. The first kappa shape index (κ1) is 17.9. The minimum Gasteiger partial charge on any atom is -0.366 e. The Balaban J connectivity index is 1.64. The summed E-state index contributed by atoms with van der Waals surface area (Å²) in [5.41, 5.74) is 3.85. The molecular weight excluding hydrogens is 376 g/mol. The van der Waals surface area contributed by atoms with Gasteiger partial charge in [-0.25, -0.2) is 17.9 Å². The summed E-state index contributed by atoms with van der Waals surface area (Å²) < 4.78 is 27.2. The smallest absolute Gasteiger partial charge is 0.229 e. The van der Waals surface area contributed by atoms with Gasteiger partial charge in [0.25, 0.3) is 0 Å². The summed E-state index contributed by atoms with van der Waals surface area (Å²) in [6.45, 7) is 0.605. The minimum atomic E-state index is -3.35. The Kier molecular flexibility index (Phi) is 4.66. The summed E-state index contributed by atoms with van der Waals surface area (Å²) in [6, 6.07) is 12.9. The summed E-state index contributed by atoms with van der Waals surface area (Å²) in [6.07, 6.45) is 8.20. The molecule has 0 unspecified atom stereocenters. The summed E-state index contributed by atoms with van der Waals surface area (Å²) in [4.78, 5) is 8.76. The fourth-order valence-corrected chi connectivity index (χ4v) is 3.39. The normalized spacial score (nSPS) is 11.5. The Morgan fingerprint density at radius 2 is 2.00 bits per heavy atom. The molecule has 2 N–H and O–H groups in total. The molecule has 0 aliphatic heterocycles.